The third kappa shape index (κ3) is 3.13. The number of pyridine rings is 2. The van der Waals surface area contributed by atoms with Crippen LogP contribution in [0, 0.1) is 6.92 Å². The first-order valence-corrected chi connectivity index (χ1v) is 6.26. The molecular weight excluding hydrogens is 294 g/mol. The van der Waals surface area contributed by atoms with Crippen LogP contribution < -0.4 is 5.32 Å². The molecule has 2 aromatic rings. The molecule has 1 N–H and O–H groups in total. The Morgan fingerprint density at radius 3 is 2.94 bits per heavy atom. The quantitative estimate of drug-likeness (QED) is 0.948. The van der Waals surface area contributed by atoms with Crippen LogP contribution in [0.2, 0.25) is 0 Å². The maximum absolute atomic E-state index is 11.9. The van der Waals surface area contributed by atoms with E-state index in [0.717, 1.165) is 15.7 Å². The van der Waals surface area contributed by atoms with Crippen molar-refractivity contribution in [1.29, 1.82) is 0 Å². The maximum atomic E-state index is 11.9. The van der Waals surface area contributed by atoms with Gasteiger partial charge in [-0.25, -0.2) is 0 Å². The SMILES string of the molecule is Cc1cccnc1CC(=O)Nc1ccncc1Br. The summed E-state index contributed by atoms with van der Waals surface area (Å²) >= 11 is 3.33. The van der Waals surface area contributed by atoms with E-state index in [4.69, 9.17) is 0 Å². The first kappa shape index (κ1) is 12.7. The molecule has 0 saturated heterocycles. The lowest BCUT2D eigenvalue weighted by Gasteiger charge is -2.07. The molecule has 0 bridgehead atoms. The van der Waals surface area contributed by atoms with E-state index in [1.165, 1.54) is 0 Å². The molecule has 0 unspecified atom stereocenters. The average Bonchev–Trinajstić information content (AvgIpc) is 2.35. The Bertz CT molecular complexity index is 522. The standard InChI is InChI=1S/C13H12BrN3O/c1-9-3-2-5-16-12(9)7-13(18)17-11-4-6-15-8-10(11)14/h2-6,8H,7H2,1H3,(H,15,17,18). The highest BCUT2D eigenvalue weighted by Crippen LogP contribution is 2.20. The zero-order valence-corrected chi connectivity index (χ0v) is 11.4. The van der Waals surface area contributed by atoms with Crippen LogP contribution >= 0.6 is 15.9 Å². The van der Waals surface area contributed by atoms with Gasteiger partial charge in [-0.2, -0.15) is 0 Å². The molecule has 0 fully saturated rings. The predicted octanol–water partition coefficient (Wildman–Crippen LogP) is 2.73. The number of rotatable bonds is 3. The van der Waals surface area contributed by atoms with E-state index >= 15 is 0 Å². The van der Waals surface area contributed by atoms with Gasteiger partial charge in [0.25, 0.3) is 0 Å². The van der Waals surface area contributed by atoms with Crippen LogP contribution in [0.15, 0.2) is 41.3 Å². The summed E-state index contributed by atoms with van der Waals surface area (Å²) in [5, 5.41) is 2.82. The molecular formula is C13H12BrN3O. The second-order valence-electron chi connectivity index (χ2n) is 3.85. The Balaban J connectivity index is 2.06. The van der Waals surface area contributed by atoms with Gasteiger partial charge in [-0.3, -0.25) is 14.8 Å². The number of carbonyl (C=O) groups excluding carboxylic acids is 1. The van der Waals surface area contributed by atoms with Crippen LogP contribution in [0.4, 0.5) is 5.69 Å². The number of hydrogen-bond donors (Lipinski definition) is 1. The number of anilines is 1. The van der Waals surface area contributed by atoms with Crippen molar-refractivity contribution < 1.29 is 4.79 Å². The predicted molar refractivity (Wildman–Crippen MR) is 73.2 cm³/mol. The minimum atomic E-state index is -0.0938. The van der Waals surface area contributed by atoms with Crippen LogP contribution in [0.5, 0.6) is 0 Å². The monoisotopic (exact) mass is 305 g/mol. The number of nitrogens with zero attached hydrogens (tertiary/aromatic N) is 2. The van der Waals surface area contributed by atoms with Gasteiger partial charge in [-0.15, -0.1) is 0 Å². The topological polar surface area (TPSA) is 54.9 Å². The number of halogens is 1. The lowest BCUT2D eigenvalue weighted by atomic mass is 10.1. The van der Waals surface area contributed by atoms with Gasteiger partial charge in [-0.1, -0.05) is 6.07 Å². The van der Waals surface area contributed by atoms with Gasteiger partial charge < -0.3 is 5.32 Å². The summed E-state index contributed by atoms with van der Waals surface area (Å²) in [5.41, 5.74) is 2.52. The van der Waals surface area contributed by atoms with Crippen LogP contribution in [0.25, 0.3) is 0 Å². The maximum Gasteiger partial charge on any atom is 0.230 e. The van der Waals surface area contributed by atoms with Crippen molar-refractivity contribution in [2.45, 2.75) is 13.3 Å². The number of hydrogen-bond acceptors (Lipinski definition) is 3. The van der Waals surface area contributed by atoms with Crippen molar-refractivity contribution in [3.05, 3.63) is 52.5 Å². The Kier molecular flexibility index (Phi) is 4.04. The van der Waals surface area contributed by atoms with Gasteiger partial charge >= 0.3 is 0 Å². The molecule has 92 valence electrons. The lowest BCUT2D eigenvalue weighted by Crippen LogP contribution is -2.16. The molecule has 4 nitrogen and oxygen atoms in total. The van der Waals surface area contributed by atoms with E-state index < -0.39 is 0 Å². The molecule has 0 radical (unpaired) electrons. The molecule has 18 heavy (non-hydrogen) atoms. The minimum Gasteiger partial charge on any atom is -0.325 e. The molecule has 5 heteroatoms. The second kappa shape index (κ2) is 5.73. The van der Waals surface area contributed by atoms with Crippen LogP contribution in [0.3, 0.4) is 0 Å². The summed E-state index contributed by atoms with van der Waals surface area (Å²) in [6.07, 6.45) is 5.23. The van der Waals surface area contributed by atoms with Crippen LogP contribution in [-0.4, -0.2) is 15.9 Å². The van der Waals surface area contributed by atoms with E-state index in [1.807, 2.05) is 19.1 Å². The smallest absolute Gasteiger partial charge is 0.230 e. The van der Waals surface area contributed by atoms with E-state index in [9.17, 15) is 4.79 Å². The van der Waals surface area contributed by atoms with Crippen molar-refractivity contribution in [3.8, 4) is 0 Å². The van der Waals surface area contributed by atoms with Crippen molar-refractivity contribution in [1.82, 2.24) is 9.97 Å². The third-order valence-corrected chi connectivity index (χ3v) is 3.12. The normalized spacial score (nSPS) is 10.1. The zero-order valence-electron chi connectivity index (χ0n) is 9.85. The van der Waals surface area contributed by atoms with Gasteiger partial charge in [-0.05, 0) is 40.5 Å². The first-order chi connectivity index (χ1) is 8.66. The van der Waals surface area contributed by atoms with Gasteiger partial charge in [0.05, 0.1) is 22.3 Å². The van der Waals surface area contributed by atoms with Gasteiger partial charge in [0.2, 0.25) is 5.91 Å². The lowest BCUT2D eigenvalue weighted by molar-refractivity contribution is -0.115. The summed E-state index contributed by atoms with van der Waals surface area (Å²) in [6.45, 7) is 1.94. The molecule has 2 heterocycles. The summed E-state index contributed by atoms with van der Waals surface area (Å²) in [6, 6.07) is 5.54. The number of amides is 1. The molecule has 0 aromatic carbocycles. The van der Waals surface area contributed by atoms with E-state index in [-0.39, 0.29) is 12.3 Å². The van der Waals surface area contributed by atoms with Crippen molar-refractivity contribution in [2.24, 2.45) is 0 Å². The fraction of sp³-hybridized carbons (Fsp3) is 0.154. The minimum absolute atomic E-state index is 0.0938. The molecule has 0 saturated carbocycles. The molecule has 1 amide bonds. The molecule has 0 aliphatic carbocycles. The Hall–Kier alpha value is -1.75. The van der Waals surface area contributed by atoms with Crippen LogP contribution in [0.1, 0.15) is 11.3 Å². The summed E-state index contributed by atoms with van der Waals surface area (Å²) in [4.78, 5) is 20.0. The highest BCUT2D eigenvalue weighted by Gasteiger charge is 2.08. The number of carbonyl (C=O) groups is 1. The number of aromatic nitrogens is 2. The Labute approximate surface area is 114 Å². The Morgan fingerprint density at radius 2 is 2.22 bits per heavy atom. The van der Waals surface area contributed by atoms with Gasteiger partial charge in [0, 0.05) is 18.6 Å². The van der Waals surface area contributed by atoms with Gasteiger partial charge in [0.15, 0.2) is 0 Å². The van der Waals surface area contributed by atoms with Gasteiger partial charge in [0.1, 0.15) is 0 Å². The highest BCUT2D eigenvalue weighted by atomic mass is 79.9. The summed E-state index contributed by atoms with van der Waals surface area (Å²) < 4.78 is 0.760. The van der Waals surface area contributed by atoms with E-state index in [2.05, 4.69) is 31.2 Å². The number of nitrogens with one attached hydrogen (secondary N) is 1. The molecule has 2 aromatic heterocycles. The number of aryl methyl sites for hydroxylation is 1. The fourth-order valence-corrected chi connectivity index (χ4v) is 1.88. The largest absolute Gasteiger partial charge is 0.325 e. The highest BCUT2D eigenvalue weighted by molar-refractivity contribution is 9.10. The molecule has 0 aliphatic rings. The van der Waals surface area contributed by atoms with Crippen molar-refractivity contribution >= 4 is 27.5 Å². The summed E-state index contributed by atoms with van der Waals surface area (Å²) in [5.74, 6) is -0.0938. The molecule has 2 rings (SSSR count). The average molecular weight is 306 g/mol. The first-order valence-electron chi connectivity index (χ1n) is 5.46. The molecule has 0 atom stereocenters. The third-order valence-electron chi connectivity index (χ3n) is 2.49. The zero-order chi connectivity index (χ0) is 13.0. The van der Waals surface area contributed by atoms with E-state index in [0.29, 0.717) is 5.69 Å². The fourth-order valence-electron chi connectivity index (χ4n) is 1.53. The van der Waals surface area contributed by atoms with Crippen molar-refractivity contribution in [3.63, 3.8) is 0 Å². The van der Waals surface area contributed by atoms with E-state index in [1.54, 1.807) is 24.7 Å². The Morgan fingerprint density at radius 1 is 1.39 bits per heavy atom. The molecule has 0 aliphatic heterocycles. The second-order valence-corrected chi connectivity index (χ2v) is 4.70. The molecule has 0 spiro atoms. The van der Waals surface area contributed by atoms with Crippen LogP contribution in [-0.2, 0) is 11.2 Å². The van der Waals surface area contributed by atoms with Crippen molar-refractivity contribution in [2.75, 3.05) is 5.32 Å². The summed E-state index contributed by atoms with van der Waals surface area (Å²) in [7, 11) is 0.